The van der Waals surface area contributed by atoms with Crippen LogP contribution in [0.25, 0.3) is 0 Å². The molecule has 0 atom stereocenters. The van der Waals surface area contributed by atoms with Crippen LogP contribution >= 0.6 is 0 Å². The van der Waals surface area contributed by atoms with Gasteiger partial charge in [-0.2, -0.15) is 0 Å². The molecule has 0 aliphatic rings. The molecule has 0 spiro atoms. The van der Waals surface area contributed by atoms with Gasteiger partial charge in [0.2, 0.25) is 0 Å². The predicted octanol–water partition coefficient (Wildman–Crippen LogP) is 2.41. The molecule has 0 aliphatic heterocycles. The predicted molar refractivity (Wildman–Crippen MR) is 74.5 cm³/mol. The van der Waals surface area contributed by atoms with Gasteiger partial charge in [0.05, 0.1) is 12.8 Å². The van der Waals surface area contributed by atoms with Crippen LogP contribution in [0.15, 0.2) is 27.6 Å². The summed E-state index contributed by atoms with van der Waals surface area (Å²) in [5, 5.41) is 3.66. The minimum Gasteiger partial charge on any atom is -0.495 e. The Labute approximate surface area is 117 Å². The van der Waals surface area contributed by atoms with Crippen molar-refractivity contribution in [2.75, 3.05) is 11.8 Å². The molecule has 0 saturated carbocycles. The van der Waals surface area contributed by atoms with E-state index in [1.807, 2.05) is 13.0 Å². The van der Waals surface area contributed by atoms with Gasteiger partial charge in [0.1, 0.15) is 11.4 Å². The summed E-state index contributed by atoms with van der Waals surface area (Å²) in [6, 6.07) is 5.25. The molecule has 0 unspecified atom stereocenters. The van der Waals surface area contributed by atoms with Gasteiger partial charge in [0, 0.05) is 0 Å². The van der Waals surface area contributed by atoms with Crippen LogP contribution in [0.5, 0.6) is 5.75 Å². The lowest BCUT2D eigenvalue weighted by molar-refractivity contribution is 0.390. The van der Waals surface area contributed by atoms with Crippen LogP contribution in [0.1, 0.15) is 17.0 Å². The fraction of sp³-hybridized carbons (Fsp3) is 0.308. The number of benzene rings is 1. The fourth-order valence-corrected chi connectivity index (χ4v) is 3.35. The van der Waals surface area contributed by atoms with E-state index in [2.05, 4.69) is 9.88 Å². The summed E-state index contributed by atoms with van der Waals surface area (Å²) in [6.07, 6.45) is 0. The van der Waals surface area contributed by atoms with Crippen LogP contribution < -0.4 is 9.46 Å². The van der Waals surface area contributed by atoms with Crippen molar-refractivity contribution in [3.05, 3.63) is 35.2 Å². The molecule has 2 rings (SSSR count). The molecule has 7 heteroatoms. The van der Waals surface area contributed by atoms with Gasteiger partial charge in [-0.05, 0) is 38.5 Å². The van der Waals surface area contributed by atoms with E-state index in [1.54, 1.807) is 26.0 Å². The highest BCUT2D eigenvalue weighted by molar-refractivity contribution is 7.92. The Kier molecular flexibility index (Phi) is 3.71. The molecule has 0 fully saturated rings. The van der Waals surface area contributed by atoms with Gasteiger partial charge in [-0.25, -0.2) is 8.42 Å². The minimum atomic E-state index is -3.77. The summed E-state index contributed by atoms with van der Waals surface area (Å²) in [4.78, 5) is 0.0565. The van der Waals surface area contributed by atoms with E-state index in [0.717, 1.165) is 5.56 Å². The SMILES string of the molecule is COc1ccc(C)cc1NS(=O)(=O)c1c(C)noc1C. The van der Waals surface area contributed by atoms with Crippen molar-refractivity contribution in [1.29, 1.82) is 0 Å². The third kappa shape index (κ3) is 2.62. The van der Waals surface area contributed by atoms with Crippen molar-refractivity contribution >= 4 is 15.7 Å². The number of hydrogen-bond acceptors (Lipinski definition) is 5. The third-order valence-corrected chi connectivity index (χ3v) is 4.44. The van der Waals surface area contributed by atoms with E-state index in [4.69, 9.17) is 9.26 Å². The van der Waals surface area contributed by atoms with Gasteiger partial charge in [-0.1, -0.05) is 11.2 Å². The van der Waals surface area contributed by atoms with Gasteiger partial charge >= 0.3 is 0 Å². The first-order chi connectivity index (χ1) is 9.35. The van der Waals surface area contributed by atoms with Crippen molar-refractivity contribution in [1.82, 2.24) is 5.16 Å². The second-order valence-corrected chi connectivity index (χ2v) is 6.08. The molecule has 6 nitrogen and oxygen atoms in total. The molecule has 2 aromatic rings. The van der Waals surface area contributed by atoms with Crippen LogP contribution in [0.2, 0.25) is 0 Å². The Morgan fingerprint density at radius 1 is 1.25 bits per heavy atom. The minimum absolute atomic E-state index is 0.0565. The number of anilines is 1. The van der Waals surface area contributed by atoms with E-state index in [1.165, 1.54) is 7.11 Å². The summed E-state index contributed by atoms with van der Waals surface area (Å²) in [6.45, 7) is 5.01. The second-order valence-electron chi connectivity index (χ2n) is 4.46. The normalized spacial score (nSPS) is 11.4. The molecule has 0 saturated heterocycles. The summed E-state index contributed by atoms with van der Waals surface area (Å²) < 4.78 is 37.4. The standard InChI is InChI=1S/C13H16N2O4S/c1-8-5-6-12(18-4)11(7-8)15-20(16,17)13-9(2)14-19-10(13)3/h5-7,15H,1-4H3. The summed E-state index contributed by atoms with van der Waals surface area (Å²) >= 11 is 0. The lowest BCUT2D eigenvalue weighted by Crippen LogP contribution is -2.15. The molecule has 1 aromatic carbocycles. The molecule has 1 heterocycles. The van der Waals surface area contributed by atoms with E-state index >= 15 is 0 Å². The summed E-state index contributed by atoms with van der Waals surface area (Å²) in [5.41, 5.74) is 1.62. The van der Waals surface area contributed by atoms with Crippen molar-refractivity contribution in [2.24, 2.45) is 0 Å². The van der Waals surface area contributed by atoms with Crippen LogP contribution in [0, 0.1) is 20.8 Å². The molecule has 0 bridgehead atoms. The number of aryl methyl sites for hydroxylation is 3. The molecule has 1 N–H and O–H groups in total. The number of hydrogen-bond donors (Lipinski definition) is 1. The van der Waals surface area contributed by atoms with E-state index in [0.29, 0.717) is 17.1 Å². The van der Waals surface area contributed by atoms with E-state index < -0.39 is 10.0 Å². The Morgan fingerprint density at radius 3 is 2.50 bits per heavy atom. The maximum absolute atomic E-state index is 12.4. The molecule has 20 heavy (non-hydrogen) atoms. The largest absolute Gasteiger partial charge is 0.495 e. The van der Waals surface area contributed by atoms with Crippen molar-refractivity contribution < 1.29 is 17.7 Å². The van der Waals surface area contributed by atoms with Gasteiger partial charge in [0.25, 0.3) is 10.0 Å². The zero-order chi connectivity index (χ0) is 14.9. The molecular weight excluding hydrogens is 280 g/mol. The monoisotopic (exact) mass is 296 g/mol. The van der Waals surface area contributed by atoms with Crippen molar-refractivity contribution in [2.45, 2.75) is 25.7 Å². The first-order valence-electron chi connectivity index (χ1n) is 5.95. The lowest BCUT2D eigenvalue weighted by atomic mass is 10.2. The second kappa shape index (κ2) is 5.16. The number of sulfonamides is 1. The maximum Gasteiger partial charge on any atom is 0.267 e. The summed E-state index contributed by atoms with van der Waals surface area (Å²) in [7, 11) is -2.28. The molecule has 0 amide bonds. The number of rotatable bonds is 4. The smallest absolute Gasteiger partial charge is 0.267 e. The number of nitrogens with zero attached hydrogens (tertiary/aromatic N) is 1. The number of nitrogens with one attached hydrogen (secondary N) is 1. The average molecular weight is 296 g/mol. The van der Waals surface area contributed by atoms with E-state index in [-0.39, 0.29) is 10.7 Å². The Hall–Kier alpha value is -2.02. The Morgan fingerprint density at radius 2 is 1.95 bits per heavy atom. The zero-order valence-electron chi connectivity index (χ0n) is 11.7. The molecule has 0 aliphatic carbocycles. The van der Waals surface area contributed by atoms with Crippen LogP contribution in [0.3, 0.4) is 0 Å². The van der Waals surface area contributed by atoms with Gasteiger partial charge in [0.15, 0.2) is 10.7 Å². The first kappa shape index (κ1) is 14.4. The van der Waals surface area contributed by atoms with Gasteiger partial charge < -0.3 is 9.26 Å². The maximum atomic E-state index is 12.4. The van der Waals surface area contributed by atoms with Gasteiger partial charge in [-0.15, -0.1) is 0 Å². The van der Waals surface area contributed by atoms with Crippen molar-refractivity contribution in [3.63, 3.8) is 0 Å². The van der Waals surface area contributed by atoms with Gasteiger partial charge in [-0.3, -0.25) is 4.72 Å². The molecule has 0 radical (unpaired) electrons. The summed E-state index contributed by atoms with van der Waals surface area (Å²) in [5.74, 6) is 0.701. The molecule has 108 valence electrons. The number of aromatic nitrogens is 1. The average Bonchev–Trinajstić information content (AvgIpc) is 2.69. The first-order valence-corrected chi connectivity index (χ1v) is 7.44. The quantitative estimate of drug-likeness (QED) is 0.937. The lowest BCUT2D eigenvalue weighted by Gasteiger charge is -2.12. The van der Waals surface area contributed by atoms with Crippen LogP contribution in [-0.2, 0) is 10.0 Å². The van der Waals surface area contributed by atoms with Crippen LogP contribution in [0.4, 0.5) is 5.69 Å². The highest BCUT2D eigenvalue weighted by atomic mass is 32.2. The highest BCUT2D eigenvalue weighted by Crippen LogP contribution is 2.29. The van der Waals surface area contributed by atoms with Crippen LogP contribution in [-0.4, -0.2) is 20.7 Å². The highest BCUT2D eigenvalue weighted by Gasteiger charge is 2.25. The number of ether oxygens (including phenoxy) is 1. The third-order valence-electron chi connectivity index (χ3n) is 2.84. The molecular formula is C13H16N2O4S. The fourth-order valence-electron chi connectivity index (χ4n) is 1.96. The molecule has 1 aromatic heterocycles. The Bertz CT molecular complexity index is 715. The Balaban J connectivity index is 2.46. The van der Waals surface area contributed by atoms with Crippen molar-refractivity contribution in [3.8, 4) is 5.75 Å². The topological polar surface area (TPSA) is 81.4 Å². The van der Waals surface area contributed by atoms with E-state index in [9.17, 15) is 8.42 Å². The number of methoxy groups -OCH3 is 1. The zero-order valence-corrected chi connectivity index (χ0v) is 12.5.